The van der Waals surface area contributed by atoms with E-state index in [1.807, 2.05) is 0 Å². The molecule has 206 valence electrons. The van der Waals surface area contributed by atoms with E-state index in [9.17, 15) is 4.79 Å². The van der Waals surface area contributed by atoms with E-state index in [-0.39, 0.29) is 0 Å². The molecule has 0 aliphatic carbocycles. The number of hydrogen-bond acceptors (Lipinski definition) is 1. The van der Waals surface area contributed by atoms with Crippen molar-refractivity contribution in [2.75, 3.05) is 0 Å². The van der Waals surface area contributed by atoms with E-state index in [1.54, 1.807) is 0 Å². The molecule has 4 heteroatoms. The third kappa shape index (κ3) is 4.86. The summed E-state index contributed by atoms with van der Waals surface area (Å²) >= 11 is -2.34. The molecule has 41 heavy (non-hydrogen) atoms. The number of hydrogen-bond donors (Lipinski definition) is 0. The van der Waals surface area contributed by atoms with Crippen molar-refractivity contribution >= 4 is 47.9 Å². The normalized spacial score (nSPS) is 12.7. The molecular weight excluding hydrogens is 625 g/mol. The second kappa shape index (κ2) is 12.6. The van der Waals surface area contributed by atoms with Crippen molar-refractivity contribution in [3.63, 3.8) is 0 Å². The summed E-state index contributed by atoms with van der Waals surface area (Å²) in [5.41, 5.74) is -5.83. The average molecular weight is 659 g/mol. The summed E-state index contributed by atoms with van der Waals surface area (Å²) in [7, 11) is 0. The summed E-state index contributed by atoms with van der Waals surface area (Å²) in [5, 5.41) is 7.81. The van der Waals surface area contributed by atoms with Crippen LogP contribution in [0.15, 0.2) is 182 Å². The number of rotatable bonds is 9. The summed E-state index contributed by atoms with van der Waals surface area (Å²) in [6.45, 7) is 0. The molecule has 0 aromatic heterocycles. The van der Waals surface area contributed by atoms with E-state index < -0.39 is 26.2 Å². The Morgan fingerprint density at radius 2 is 0.488 bits per heavy atom. The van der Waals surface area contributed by atoms with Crippen molar-refractivity contribution in [1.29, 1.82) is 0 Å². The molecule has 0 aliphatic rings. The molecule has 0 aliphatic heterocycles. The number of benzene rings is 6. The maximum atomic E-state index is 14.4. The van der Waals surface area contributed by atoms with Crippen LogP contribution in [0.25, 0.3) is 0 Å². The number of carbonyl (C=O) groups is 1. The minimum atomic E-state index is -2.91. The molecule has 0 spiro atoms. The Morgan fingerprint density at radius 3 is 0.634 bits per heavy atom. The van der Waals surface area contributed by atoms with Gasteiger partial charge in [0.1, 0.15) is 0 Å². The summed E-state index contributed by atoms with van der Waals surface area (Å²) < 4.78 is 0. The van der Waals surface area contributed by atoms with Gasteiger partial charge in [0.25, 0.3) is 0 Å². The molecule has 0 bridgehead atoms. The van der Waals surface area contributed by atoms with Crippen LogP contribution in [0.3, 0.4) is 0 Å². The van der Waals surface area contributed by atoms with Gasteiger partial charge in [-0.15, -0.1) is 0 Å². The molecule has 0 unspecified atom stereocenters. The zero-order valence-corrected chi connectivity index (χ0v) is 26.3. The first-order valence-corrected chi connectivity index (χ1v) is 23.3. The zero-order chi connectivity index (χ0) is 28.0. The van der Waals surface area contributed by atoms with Crippen LogP contribution < -0.4 is 31.8 Å². The van der Waals surface area contributed by atoms with Gasteiger partial charge in [0, 0.05) is 0 Å². The van der Waals surface area contributed by atoms with Gasteiger partial charge in [-0.05, 0) is 0 Å². The van der Waals surface area contributed by atoms with Crippen molar-refractivity contribution in [2.45, 2.75) is 0 Å². The molecule has 0 saturated carbocycles. The molecule has 6 aromatic rings. The van der Waals surface area contributed by atoms with E-state index in [4.69, 9.17) is 0 Å². The Hall–Kier alpha value is -3.53. The van der Waals surface area contributed by atoms with E-state index >= 15 is 0 Å². The molecule has 0 saturated heterocycles. The Kier molecular flexibility index (Phi) is 8.46. The molecule has 6 rings (SSSR count). The summed E-state index contributed by atoms with van der Waals surface area (Å²) in [5.74, 6) is 0. The first-order valence-electron chi connectivity index (χ1n) is 13.7. The molecule has 0 N–H and O–H groups in total. The van der Waals surface area contributed by atoms with Gasteiger partial charge in [0.15, 0.2) is 0 Å². The second-order valence-corrected chi connectivity index (χ2v) is 31.1. The van der Waals surface area contributed by atoms with Crippen LogP contribution in [0.4, 0.5) is 0 Å². The maximum absolute atomic E-state index is 14.4. The van der Waals surface area contributed by atoms with Gasteiger partial charge in [-0.2, -0.15) is 0 Å². The van der Waals surface area contributed by atoms with Crippen LogP contribution in [0.1, 0.15) is 0 Å². The van der Waals surface area contributed by atoms with E-state index in [0.717, 1.165) is 0 Å². The van der Waals surface area contributed by atoms with E-state index in [1.165, 1.54) is 36.7 Å². The summed E-state index contributed by atoms with van der Waals surface area (Å²) in [6.07, 6.45) is 0. The Labute approximate surface area is 248 Å². The number of carbonyl (C=O) groups excluding carboxylic acids is 1. The van der Waals surface area contributed by atoms with Gasteiger partial charge in [0.05, 0.1) is 0 Å². The minimum absolute atomic E-state index is 1.30. The fourth-order valence-corrected chi connectivity index (χ4v) is 49.1. The molecule has 6 aromatic carbocycles. The Balaban J connectivity index is 1.85. The predicted molar refractivity (Wildman–Crippen MR) is 180 cm³/mol. The van der Waals surface area contributed by atoms with Crippen molar-refractivity contribution in [3.05, 3.63) is 182 Å². The quantitative estimate of drug-likeness (QED) is 0.105. The van der Waals surface area contributed by atoms with Crippen LogP contribution in [0.2, 0.25) is 0 Å². The molecule has 0 heterocycles. The fraction of sp³-hybridized carbons (Fsp3) is 0. The molecular formula is C37H33OP2Rh. The summed E-state index contributed by atoms with van der Waals surface area (Å²) in [6, 6.07) is 65.7. The molecule has 0 atom stereocenters. The van der Waals surface area contributed by atoms with Gasteiger partial charge in [0.2, 0.25) is 0 Å². The van der Waals surface area contributed by atoms with Crippen LogP contribution >= 0.6 is 11.2 Å². The SMILES string of the molecule is O=[CH][Rh]([PH](c1ccccc1)(c1ccccc1)c1ccccc1)[PH](c1ccccc1)(c1ccccc1)c1ccccc1. The van der Waals surface area contributed by atoms with Crippen LogP contribution in [-0.4, -0.2) is 4.88 Å². The standard InChI is InChI=1S/2C18H15P.CHO.Rh/c2*1-4-10-16(11-5-1)19(17-12-6-2-7-13-17)18-14-8-3-9-15-18;1-2;/h2*1-15H;1H;/q;;;-2/p+2. The van der Waals surface area contributed by atoms with Crippen molar-refractivity contribution < 1.29 is 19.8 Å². The predicted octanol–water partition coefficient (Wildman–Crippen LogP) is 6.08. The third-order valence-electron chi connectivity index (χ3n) is 7.57. The van der Waals surface area contributed by atoms with Crippen molar-refractivity contribution in [2.24, 2.45) is 0 Å². The van der Waals surface area contributed by atoms with Crippen LogP contribution in [0, 0.1) is 0 Å². The van der Waals surface area contributed by atoms with Gasteiger partial charge in [-0.25, -0.2) is 0 Å². The first-order chi connectivity index (χ1) is 20.3. The first kappa shape index (κ1) is 27.6. The van der Waals surface area contributed by atoms with Gasteiger partial charge < -0.3 is 0 Å². The summed E-state index contributed by atoms with van der Waals surface area (Å²) in [4.78, 5) is 15.8. The van der Waals surface area contributed by atoms with Gasteiger partial charge in [-0.3, -0.25) is 0 Å². The monoisotopic (exact) mass is 658 g/mol. The molecule has 0 amide bonds. The zero-order valence-electron chi connectivity index (χ0n) is 22.6. The molecule has 1 nitrogen and oxygen atoms in total. The van der Waals surface area contributed by atoms with E-state index in [0.29, 0.717) is 0 Å². The molecule has 0 fully saturated rings. The van der Waals surface area contributed by atoms with Crippen LogP contribution in [0.5, 0.6) is 0 Å². The van der Waals surface area contributed by atoms with Crippen LogP contribution in [-0.2, 0) is 19.8 Å². The Morgan fingerprint density at radius 1 is 0.317 bits per heavy atom. The van der Waals surface area contributed by atoms with E-state index in [2.05, 4.69) is 182 Å². The third-order valence-corrected chi connectivity index (χ3v) is 41.9. The van der Waals surface area contributed by atoms with Gasteiger partial charge in [-0.1, -0.05) is 0 Å². The molecule has 0 radical (unpaired) electrons. The average Bonchev–Trinajstić information content (AvgIpc) is 3.07. The topological polar surface area (TPSA) is 17.1 Å². The fourth-order valence-electron chi connectivity index (χ4n) is 5.89. The van der Waals surface area contributed by atoms with Crippen molar-refractivity contribution in [1.82, 2.24) is 0 Å². The Bertz CT molecular complexity index is 1360. The second-order valence-electron chi connectivity index (χ2n) is 9.80. The van der Waals surface area contributed by atoms with Crippen molar-refractivity contribution in [3.8, 4) is 0 Å². The van der Waals surface area contributed by atoms with Gasteiger partial charge >= 0.3 is 250 Å².